The summed E-state index contributed by atoms with van der Waals surface area (Å²) in [5.74, 6) is -0.0379. The number of ether oxygens (including phenoxy) is 3. The van der Waals surface area contributed by atoms with Crippen molar-refractivity contribution in [3.63, 3.8) is 0 Å². The minimum Gasteiger partial charge on any atom is -0.490 e. The number of carboxylic acids is 1. The summed E-state index contributed by atoms with van der Waals surface area (Å²) in [6, 6.07) is 9.16. The molecule has 2 N–H and O–H groups in total. The van der Waals surface area contributed by atoms with Crippen molar-refractivity contribution in [1.29, 1.82) is 0 Å². The lowest BCUT2D eigenvalue weighted by molar-refractivity contribution is -0.139. The number of amides is 1. The number of halogens is 1. The fourth-order valence-electron chi connectivity index (χ4n) is 2.58. The number of para-hydroxylation sites is 1. The topological polar surface area (TPSA) is 106 Å². The molecule has 0 unspecified atom stereocenters. The summed E-state index contributed by atoms with van der Waals surface area (Å²) in [7, 11) is 0. The minimum absolute atomic E-state index is 0.160. The molecule has 2 aromatic rings. The molecule has 1 amide bonds. The van der Waals surface area contributed by atoms with E-state index >= 15 is 0 Å². The van der Waals surface area contributed by atoms with Crippen LogP contribution in [0.1, 0.15) is 23.6 Å². The van der Waals surface area contributed by atoms with Crippen LogP contribution in [0.3, 0.4) is 0 Å². The van der Waals surface area contributed by atoms with E-state index < -0.39 is 18.5 Å². The first-order chi connectivity index (χ1) is 14.3. The van der Waals surface area contributed by atoms with Gasteiger partial charge in [-0.25, -0.2) is 10.2 Å². The Morgan fingerprint density at radius 2 is 1.77 bits per heavy atom. The van der Waals surface area contributed by atoms with Crippen LogP contribution in [0.4, 0.5) is 0 Å². The number of nitrogens with one attached hydrogen (secondary N) is 1. The smallest absolute Gasteiger partial charge is 0.341 e. The van der Waals surface area contributed by atoms with E-state index in [1.165, 1.54) is 6.21 Å². The van der Waals surface area contributed by atoms with Crippen molar-refractivity contribution in [2.24, 2.45) is 5.10 Å². The van der Waals surface area contributed by atoms with Crippen LogP contribution in [0.25, 0.3) is 0 Å². The van der Waals surface area contributed by atoms with Crippen molar-refractivity contribution in [3.05, 3.63) is 50.6 Å². The summed E-state index contributed by atoms with van der Waals surface area (Å²) in [6.07, 6.45) is 1.46. The zero-order chi connectivity index (χ0) is 22.1. The highest BCUT2D eigenvalue weighted by atomic mass is 127. The van der Waals surface area contributed by atoms with Crippen molar-refractivity contribution in [2.45, 2.75) is 20.8 Å². The molecular formula is C21H23IN2O6. The normalized spacial score (nSPS) is 10.7. The van der Waals surface area contributed by atoms with Crippen molar-refractivity contribution in [3.8, 4) is 17.2 Å². The molecule has 0 saturated carbocycles. The molecule has 0 fully saturated rings. The van der Waals surface area contributed by atoms with Gasteiger partial charge < -0.3 is 19.3 Å². The highest BCUT2D eigenvalue weighted by Crippen LogP contribution is 2.33. The van der Waals surface area contributed by atoms with E-state index in [1.807, 2.05) is 61.6 Å². The summed E-state index contributed by atoms with van der Waals surface area (Å²) in [5.41, 5.74) is 4.98. The number of carboxylic acid groups (broad SMARTS) is 1. The lowest BCUT2D eigenvalue weighted by Crippen LogP contribution is -2.25. The van der Waals surface area contributed by atoms with E-state index in [9.17, 15) is 9.59 Å². The standard InChI is InChI=1S/C21H23IN2O6/c1-4-28-17-9-15(8-16(22)21(17)30-12-19(26)27)10-23-24-18(25)11-29-20-13(2)6-5-7-14(20)3/h5-10H,4,11-12H2,1-3H3,(H,24,25)(H,26,27)/b23-10-. The molecule has 160 valence electrons. The van der Waals surface area contributed by atoms with E-state index in [-0.39, 0.29) is 6.61 Å². The van der Waals surface area contributed by atoms with E-state index in [1.54, 1.807) is 12.1 Å². The van der Waals surface area contributed by atoms with Gasteiger partial charge in [0.25, 0.3) is 5.91 Å². The number of hydrogen-bond donors (Lipinski definition) is 2. The molecule has 0 aliphatic carbocycles. The van der Waals surface area contributed by atoms with Gasteiger partial charge in [-0.05, 0) is 72.2 Å². The number of carbonyl (C=O) groups excluding carboxylic acids is 1. The quantitative estimate of drug-likeness (QED) is 0.280. The maximum atomic E-state index is 12.0. The zero-order valence-corrected chi connectivity index (χ0v) is 19.1. The van der Waals surface area contributed by atoms with Crippen molar-refractivity contribution in [2.75, 3.05) is 19.8 Å². The molecule has 30 heavy (non-hydrogen) atoms. The van der Waals surface area contributed by atoms with Gasteiger partial charge in [-0.3, -0.25) is 4.79 Å². The highest BCUT2D eigenvalue weighted by molar-refractivity contribution is 14.1. The third kappa shape index (κ3) is 6.90. The van der Waals surface area contributed by atoms with Gasteiger partial charge >= 0.3 is 5.97 Å². The maximum absolute atomic E-state index is 12.0. The average Bonchev–Trinajstić information content (AvgIpc) is 2.67. The van der Waals surface area contributed by atoms with E-state index in [0.717, 1.165) is 11.1 Å². The van der Waals surface area contributed by atoms with Crippen LogP contribution in [0.15, 0.2) is 35.4 Å². The number of rotatable bonds is 10. The SMILES string of the molecule is CCOc1cc(/C=N\NC(=O)COc2c(C)cccc2C)cc(I)c1OCC(=O)O. The Hall–Kier alpha value is -2.82. The molecule has 0 radical (unpaired) electrons. The number of carbonyl (C=O) groups is 2. The third-order valence-electron chi connectivity index (χ3n) is 3.83. The minimum atomic E-state index is -1.08. The molecule has 8 nitrogen and oxygen atoms in total. The van der Waals surface area contributed by atoms with Crippen molar-refractivity contribution < 1.29 is 28.9 Å². The number of aliphatic carboxylic acids is 1. The second-order valence-corrected chi connectivity index (χ2v) is 7.41. The fourth-order valence-corrected chi connectivity index (χ4v) is 3.36. The molecule has 0 saturated heterocycles. The molecule has 0 spiro atoms. The van der Waals surface area contributed by atoms with Crippen LogP contribution in [-0.4, -0.2) is 43.0 Å². The van der Waals surface area contributed by atoms with Crippen LogP contribution < -0.4 is 19.6 Å². The van der Waals surface area contributed by atoms with Gasteiger partial charge in [-0.2, -0.15) is 5.10 Å². The highest BCUT2D eigenvalue weighted by Gasteiger charge is 2.13. The van der Waals surface area contributed by atoms with Gasteiger partial charge in [0, 0.05) is 0 Å². The van der Waals surface area contributed by atoms with Gasteiger partial charge in [0.1, 0.15) is 5.75 Å². The number of hydrogen-bond acceptors (Lipinski definition) is 6. The maximum Gasteiger partial charge on any atom is 0.341 e. The molecule has 0 aromatic heterocycles. The van der Waals surface area contributed by atoms with Crippen LogP contribution in [-0.2, 0) is 9.59 Å². The Morgan fingerprint density at radius 3 is 2.40 bits per heavy atom. The molecule has 0 aliphatic heterocycles. The number of aryl methyl sites for hydroxylation is 2. The summed E-state index contributed by atoms with van der Waals surface area (Å²) < 4.78 is 17.1. The molecular weight excluding hydrogens is 503 g/mol. The van der Waals surface area contributed by atoms with E-state index in [4.69, 9.17) is 19.3 Å². The predicted octanol–water partition coefficient (Wildman–Crippen LogP) is 3.30. The fraction of sp³-hybridized carbons (Fsp3) is 0.286. The van der Waals surface area contributed by atoms with Crippen LogP contribution in [0.2, 0.25) is 0 Å². The van der Waals surface area contributed by atoms with Crippen LogP contribution >= 0.6 is 22.6 Å². The Morgan fingerprint density at radius 1 is 1.10 bits per heavy atom. The largest absolute Gasteiger partial charge is 0.490 e. The lowest BCUT2D eigenvalue weighted by atomic mass is 10.1. The molecule has 0 heterocycles. The Kier molecular flexibility index (Phi) is 8.90. The summed E-state index contributed by atoms with van der Waals surface area (Å²) in [6.45, 7) is 5.39. The Balaban J connectivity index is 2.01. The molecule has 2 aromatic carbocycles. The van der Waals surface area contributed by atoms with Crippen molar-refractivity contribution >= 4 is 40.7 Å². The number of benzene rings is 2. The van der Waals surface area contributed by atoms with E-state index in [2.05, 4.69) is 10.5 Å². The molecule has 0 aliphatic rings. The monoisotopic (exact) mass is 526 g/mol. The zero-order valence-electron chi connectivity index (χ0n) is 16.9. The first-order valence-corrected chi connectivity index (χ1v) is 10.2. The van der Waals surface area contributed by atoms with Crippen LogP contribution in [0, 0.1) is 17.4 Å². The lowest BCUT2D eigenvalue weighted by Gasteiger charge is -2.13. The Labute approximate surface area is 188 Å². The van der Waals surface area contributed by atoms with Gasteiger partial charge in [-0.15, -0.1) is 0 Å². The predicted molar refractivity (Wildman–Crippen MR) is 121 cm³/mol. The van der Waals surface area contributed by atoms with Gasteiger partial charge in [0.15, 0.2) is 24.7 Å². The molecule has 0 bridgehead atoms. The van der Waals surface area contributed by atoms with Gasteiger partial charge in [-0.1, -0.05) is 18.2 Å². The van der Waals surface area contributed by atoms with Crippen molar-refractivity contribution in [1.82, 2.24) is 5.43 Å². The summed E-state index contributed by atoms with van der Waals surface area (Å²) in [5, 5.41) is 12.8. The summed E-state index contributed by atoms with van der Waals surface area (Å²) >= 11 is 2.02. The van der Waals surface area contributed by atoms with E-state index in [0.29, 0.717) is 33.0 Å². The number of nitrogens with zero attached hydrogens (tertiary/aromatic N) is 1. The Bertz CT molecular complexity index is 925. The van der Waals surface area contributed by atoms with Gasteiger partial charge in [0.2, 0.25) is 0 Å². The summed E-state index contributed by atoms with van der Waals surface area (Å²) in [4.78, 5) is 22.8. The average molecular weight is 526 g/mol. The second-order valence-electron chi connectivity index (χ2n) is 6.25. The first-order valence-electron chi connectivity index (χ1n) is 9.13. The number of hydrazone groups is 1. The molecule has 2 rings (SSSR count). The van der Waals surface area contributed by atoms with Crippen LogP contribution in [0.5, 0.6) is 17.2 Å². The first kappa shape index (κ1) is 23.5. The van der Waals surface area contributed by atoms with Gasteiger partial charge in [0.05, 0.1) is 16.4 Å². The molecule has 0 atom stereocenters. The third-order valence-corrected chi connectivity index (χ3v) is 4.63. The molecule has 9 heteroatoms. The second kappa shape index (κ2) is 11.4.